The smallest absolute Gasteiger partial charge is 0.239 e. The normalized spacial score (nSPS) is 16.9. The van der Waals surface area contributed by atoms with Gasteiger partial charge in [0.05, 0.1) is 11.5 Å². The second-order valence-corrected chi connectivity index (χ2v) is 11.4. The fourth-order valence-corrected chi connectivity index (χ4v) is 6.86. The molecule has 2 N–H and O–H groups in total. The molecule has 4 rings (SSSR count). The highest BCUT2D eigenvalue weighted by molar-refractivity contribution is 7.93. The summed E-state index contributed by atoms with van der Waals surface area (Å²) in [5.41, 5.74) is 9.13. The van der Waals surface area contributed by atoms with Crippen LogP contribution in [0.5, 0.6) is 5.75 Å². The van der Waals surface area contributed by atoms with Gasteiger partial charge in [-0.05, 0) is 80.0 Å². The number of fused-ring (bicyclic) bond motifs is 1. The lowest BCUT2D eigenvalue weighted by atomic mass is 9.94. The average molecular weight is 498 g/mol. The molecule has 0 atom stereocenters. The summed E-state index contributed by atoms with van der Waals surface area (Å²) in [7, 11) is -4.00. The molecule has 0 radical (unpaired) electrons. The van der Waals surface area contributed by atoms with Crippen LogP contribution in [0.2, 0.25) is 0 Å². The van der Waals surface area contributed by atoms with Crippen LogP contribution in [-0.2, 0) is 25.8 Å². The second-order valence-electron chi connectivity index (χ2n) is 9.13. The van der Waals surface area contributed by atoms with Gasteiger partial charge in [0.2, 0.25) is 5.91 Å². The van der Waals surface area contributed by atoms with Crippen LogP contribution in [0.25, 0.3) is 6.08 Å². The Morgan fingerprint density at radius 1 is 1.11 bits per heavy atom. The zero-order valence-electron chi connectivity index (χ0n) is 19.9. The van der Waals surface area contributed by atoms with E-state index in [4.69, 9.17) is 15.2 Å². The van der Waals surface area contributed by atoms with Crippen molar-refractivity contribution in [2.24, 2.45) is 5.73 Å². The molecule has 0 unspecified atom stereocenters. The average Bonchev–Trinajstić information content (AvgIpc) is 2.86. The molecular formula is C27H31NO6S. The van der Waals surface area contributed by atoms with E-state index in [2.05, 4.69) is 12.2 Å². The maximum absolute atomic E-state index is 13.4. The van der Waals surface area contributed by atoms with Crippen molar-refractivity contribution in [3.8, 4) is 5.75 Å². The van der Waals surface area contributed by atoms with E-state index >= 15 is 0 Å². The molecule has 2 aromatic carbocycles. The summed E-state index contributed by atoms with van der Waals surface area (Å²) in [5.74, 6) is -0.269. The summed E-state index contributed by atoms with van der Waals surface area (Å²) < 4.78 is 36.2. The predicted octanol–water partition coefficient (Wildman–Crippen LogP) is 3.80. The Labute approximate surface area is 206 Å². The molecule has 7 nitrogen and oxygen atoms in total. The van der Waals surface area contributed by atoms with Crippen molar-refractivity contribution >= 4 is 27.6 Å². The molecule has 0 spiro atoms. The first-order chi connectivity index (χ1) is 16.7. The molecule has 0 bridgehead atoms. The summed E-state index contributed by atoms with van der Waals surface area (Å²) in [5, 5.41) is 0. The highest BCUT2D eigenvalue weighted by Gasteiger charge is 2.51. The van der Waals surface area contributed by atoms with Crippen LogP contribution in [0.1, 0.15) is 59.2 Å². The summed E-state index contributed by atoms with van der Waals surface area (Å²) in [6.07, 6.45) is 7.20. The third-order valence-electron chi connectivity index (χ3n) is 6.86. The lowest BCUT2D eigenvalue weighted by Crippen LogP contribution is -2.53. The van der Waals surface area contributed by atoms with Gasteiger partial charge in [-0.1, -0.05) is 24.3 Å². The minimum Gasteiger partial charge on any atom is -0.494 e. The van der Waals surface area contributed by atoms with E-state index in [1.54, 1.807) is 19.1 Å². The molecule has 186 valence electrons. The Kier molecular flexibility index (Phi) is 7.42. The van der Waals surface area contributed by atoms with Crippen LogP contribution in [0.15, 0.2) is 47.4 Å². The third kappa shape index (κ3) is 5.04. The number of benzene rings is 2. The number of ether oxygens (including phenoxy) is 2. The van der Waals surface area contributed by atoms with Crippen molar-refractivity contribution < 1.29 is 27.5 Å². The van der Waals surface area contributed by atoms with Crippen molar-refractivity contribution in [1.82, 2.24) is 0 Å². The van der Waals surface area contributed by atoms with Crippen molar-refractivity contribution in [2.75, 3.05) is 19.8 Å². The first kappa shape index (κ1) is 25.1. The SMILES string of the molecule is Cc1cc(OCCCC(=O)c2ccc3c(c2)C=CCC3)ccc1S(=O)(=O)C1(C(N)=O)CCOCC1. The Hall–Kier alpha value is -2.97. The molecule has 1 fully saturated rings. The van der Waals surface area contributed by atoms with E-state index in [1.165, 1.54) is 11.6 Å². The number of carbonyl (C=O) groups is 2. The van der Waals surface area contributed by atoms with Gasteiger partial charge in [-0.3, -0.25) is 9.59 Å². The van der Waals surface area contributed by atoms with Gasteiger partial charge in [0.15, 0.2) is 20.4 Å². The first-order valence-corrected chi connectivity index (χ1v) is 13.4. The highest BCUT2D eigenvalue weighted by atomic mass is 32.2. The molecule has 35 heavy (non-hydrogen) atoms. The van der Waals surface area contributed by atoms with E-state index in [-0.39, 0.29) is 36.7 Å². The maximum atomic E-state index is 13.4. The van der Waals surface area contributed by atoms with E-state index in [1.807, 2.05) is 18.2 Å². The highest BCUT2D eigenvalue weighted by Crippen LogP contribution is 2.37. The minimum atomic E-state index is -4.00. The molecule has 0 saturated carbocycles. The molecule has 1 aliphatic heterocycles. The molecule has 2 aliphatic rings. The minimum absolute atomic E-state index is 0.0386. The number of nitrogens with two attached hydrogens (primary N) is 1. The monoisotopic (exact) mass is 497 g/mol. The zero-order chi connectivity index (χ0) is 25.1. The van der Waals surface area contributed by atoms with Gasteiger partial charge in [-0.15, -0.1) is 0 Å². The van der Waals surface area contributed by atoms with Crippen LogP contribution >= 0.6 is 0 Å². The predicted molar refractivity (Wildman–Crippen MR) is 133 cm³/mol. The number of Topliss-reactive ketones (excluding diaryl/α,β-unsaturated/α-hetero) is 1. The first-order valence-electron chi connectivity index (χ1n) is 11.9. The molecule has 1 aliphatic carbocycles. The molecule has 1 amide bonds. The van der Waals surface area contributed by atoms with Gasteiger partial charge in [0, 0.05) is 25.2 Å². The van der Waals surface area contributed by atoms with E-state index in [0.717, 1.165) is 18.4 Å². The number of primary amides is 1. The van der Waals surface area contributed by atoms with E-state index in [0.29, 0.717) is 36.3 Å². The molecule has 8 heteroatoms. The van der Waals surface area contributed by atoms with E-state index in [9.17, 15) is 18.0 Å². The summed E-state index contributed by atoms with van der Waals surface area (Å²) in [4.78, 5) is 24.9. The number of hydrogen-bond donors (Lipinski definition) is 1. The molecule has 1 heterocycles. The lowest BCUT2D eigenvalue weighted by molar-refractivity contribution is -0.122. The van der Waals surface area contributed by atoms with Crippen molar-refractivity contribution in [3.05, 3.63) is 64.7 Å². The van der Waals surface area contributed by atoms with Gasteiger partial charge in [0.1, 0.15) is 5.75 Å². The van der Waals surface area contributed by atoms with Crippen molar-refractivity contribution in [1.29, 1.82) is 0 Å². The Morgan fingerprint density at radius 2 is 1.89 bits per heavy atom. The molecular weight excluding hydrogens is 466 g/mol. The second kappa shape index (κ2) is 10.3. The Balaban J connectivity index is 1.37. The van der Waals surface area contributed by atoms with Crippen LogP contribution in [0.4, 0.5) is 0 Å². The van der Waals surface area contributed by atoms with Gasteiger partial charge in [-0.25, -0.2) is 8.42 Å². The Morgan fingerprint density at radius 3 is 2.60 bits per heavy atom. The number of allylic oxidation sites excluding steroid dienone is 1. The van der Waals surface area contributed by atoms with Gasteiger partial charge < -0.3 is 15.2 Å². The fourth-order valence-electron chi connectivity index (χ4n) is 4.74. The lowest BCUT2D eigenvalue weighted by Gasteiger charge is -2.34. The molecule has 2 aromatic rings. The number of ketones is 1. The van der Waals surface area contributed by atoms with Crippen molar-refractivity contribution in [3.63, 3.8) is 0 Å². The Bertz CT molecular complexity index is 1260. The van der Waals surface area contributed by atoms with Crippen LogP contribution in [0, 0.1) is 6.92 Å². The van der Waals surface area contributed by atoms with Crippen LogP contribution in [-0.4, -0.2) is 44.7 Å². The molecule has 0 aromatic heterocycles. The summed E-state index contributed by atoms with van der Waals surface area (Å²) >= 11 is 0. The van der Waals surface area contributed by atoms with Crippen LogP contribution in [0.3, 0.4) is 0 Å². The summed E-state index contributed by atoms with van der Waals surface area (Å²) in [6.45, 7) is 2.33. The zero-order valence-corrected chi connectivity index (χ0v) is 20.7. The molecule has 1 saturated heterocycles. The fraction of sp³-hybridized carbons (Fsp3) is 0.407. The number of rotatable bonds is 9. The van der Waals surface area contributed by atoms with Gasteiger partial charge >= 0.3 is 0 Å². The number of hydrogen-bond acceptors (Lipinski definition) is 6. The van der Waals surface area contributed by atoms with Gasteiger partial charge in [-0.2, -0.15) is 0 Å². The number of amides is 1. The van der Waals surface area contributed by atoms with Crippen molar-refractivity contribution in [2.45, 2.75) is 55.1 Å². The van der Waals surface area contributed by atoms with Crippen LogP contribution < -0.4 is 10.5 Å². The number of sulfone groups is 1. The number of carbonyl (C=O) groups excluding carboxylic acids is 2. The quantitative estimate of drug-likeness (QED) is 0.416. The van der Waals surface area contributed by atoms with E-state index < -0.39 is 20.5 Å². The van der Waals surface area contributed by atoms with Gasteiger partial charge in [0.25, 0.3) is 0 Å². The third-order valence-corrected chi connectivity index (χ3v) is 9.54. The maximum Gasteiger partial charge on any atom is 0.239 e. The standard InChI is InChI=1S/C27H31NO6S/c1-19-17-23(10-11-25(19)35(31,32)27(26(28)30)12-15-33-16-13-27)34-14-4-7-24(29)22-9-8-20-5-2-3-6-21(20)18-22/h3,6,8-11,17-18H,2,4-5,7,12-16H2,1H3,(H2,28,30). The largest absolute Gasteiger partial charge is 0.494 e. The topological polar surface area (TPSA) is 113 Å². The number of aryl methyl sites for hydroxylation is 2. The summed E-state index contributed by atoms with van der Waals surface area (Å²) in [6, 6.07) is 10.6.